The molecule has 6 heteroatoms. The van der Waals surface area contributed by atoms with E-state index in [-0.39, 0.29) is 25.5 Å². The summed E-state index contributed by atoms with van der Waals surface area (Å²) < 4.78 is 6.22. The van der Waals surface area contributed by atoms with Crippen LogP contribution in [-0.2, 0) is 31.9 Å². The molecule has 0 spiro atoms. The van der Waals surface area contributed by atoms with Gasteiger partial charge in [-0.05, 0) is 58.4 Å². The molecule has 0 bridgehead atoms. The van der Waals surface area contributed by atoms with Crippen LogP contribution in [0, 0.1) is 18.1 Å². The van der Waals surface area contributed by atoms with Crippen LogP contribution in [0.2, 0.25) is 19.6 Å². The summed E-state index contributed by atoms with van der Waals surface area (Å²) in [7, 11) is -1.38. The molecule has 7 rings (SSSR count). The molecule has 0 amide bonds. The van der Waals surface area contributed by atoms with Crippen molar-refractivity contribution < 1.29 is 24.5 Å². The molecule has 3 aromatic carbocycles. The molecule has 1 radical (unpaired) electrons. The second-order valence-electron chi connectivity index (χ2n) is 16.6. The molecule has 0 unspecified atom stereocenters. The fourth-order valence-electron chi connectivity index (χ4n) is 6.53. The van der Waals surface area contributed by atoms with E-state index in [0.717, 1.165) is 56.5 Å². The van der Waals surface area contributed by atoms with Crippen molar-refractivity contribution in [3.8, 4) is 33.8 Å². The van der Waals surface area contributed by atoms with Gasteiger partial charge >= 0.3 is 0 Å². The van der Waals surface area contributed by atoms with Crippen molar-refractivity contribution in [2.24, 2.45) is 5.92 Å². The summed E-state index contributed by atoms with van der Waals surface area (Å²) in [4.78, 5) is 14.1. The van der Waals surface area contributed by atoms with Crippen LogP contribution in [0.25, 0.3) is 55.8 Å². The number of furan rings is 1. The summed E-state index contributed by atoms with van der Waals surface area (Å²) in [6.45, 7) is 22.9. The second kappa shape index (κ2) is 16.4. The zero-order chi connectivity index (χ0) is 37.2. The van der Waals surface area contributed by atoms with Gasteiger partial charge in [0.05, 0.1) is 19.4 Å². The maximum Gasteiger partial charge on any atom is 0.216 e. The van der Waals surface area contributed by atoms with E-state index in [4.69, 9.17) is 14.4 Å². The Morgan fingerprint density at radius 3 is 2.17 bits per heavy atom. The van der Waals surface area contributed by atoms with Gasteiger partial charge in [-0.3, -0.25) is 0 Å². The summed E-state index contributed by atoms with van der Waals surface area (Å²) >= 11 is 0. The Labute approximate surface area is 330 Å². The Kier molecular flexibility index (Phi) is 12.4. The quantitative estimate of drug-likeness (QED) is 0.118. The molecule has 7 aromatic rings. The van der Waals surface area contributed by atoms with Crippen LogP contribution in [0.4, 0.5) is 0 Å². The predicted octanol–water partition coefficient (Wildman–Crippen LogP) is 12.2. The van der Waals surface area contributed by atoms with Crippen LogP contribution in [0.1, 0.15) is 71.1 Å². The molecule has 4 nitrogen and oxygen atoms in total. The normalized spacial score (nSPS) is 11.8. The van der Waals surface area contributed by atoms with Gasteiger partial charge in [0.15, 0.2) is 0 Å². The van der Waals surface area contributed by atoms with Gasteiger partial charge in [-0.1, -0.05) is 133 Å². The molecule has 0 fully saturated rings. The zero-order valence-electron chi connectivity index (χ0n) is 32.8. The first kappa shape index (κ1) is 40.0. The van der Waals surface area contributed by atoms with Crippen molar-refractivity contribution in [1.29, 1.82) is 0 Å². The summed E-state index contributed by atoms with van der Waals surface area (Å²) in [5, 5.41) is 3.53. The van der Waals surface area contributed by atoms with Gasteiger partial charge in [0.2, 0.25) is 5.71 Å². The summed E-state index contributed by atoms with van der Waals surface area (Å²) in [6, 6.07) is 37.8. The maximum absolute atomic E-state index is 6.22. The number of benzene rings is 3. The smallest absolute Gasteiger partial charge is 0.216 e. The van der Waals surface area contributed by atoms with Gasteiger partial charge in [-0.2, -0.15) is 0 Å². The topological polar surface area (TPSA) is 51.8 Å². The number of nitrogens with zero attached hydrogens (tertiary/aromatic N) is 3. The van der Waals surface area contributed by atoms with Crippen molar-refractivity contribution in [2.75, 3.05) is 0 Å². The van der Waals surface area contributed by atoms with Gasteiger partial charge in [-0.25, -0.2) is 4.98 Å². The average molecular weight is 894 g/mol. The molecule has 53 heavy (non-hydrogen) atoms. The first-order valence-corrected chi connectivity index (χ1v) is 22.0. The summed E-state index contributed by atoms with van der Waals surface area (Å²) in [5.74, 6) is 1.09. The molecule has 0 atom stereocenters. The number of rotatable bonds is 7. The average Bonchev–Trinajstić information content (AvgIpc) is 3.49. The Balaban J connectivity index is 0.000000203. The minimum atomic E-state index is -1.38. The fourth-order valence-corrected chi connectivity index (χ4v) is 8.12. The van der Waals surface area contributed by atoms with Crippen LogP contribution >= 0.6 is 0 Å². The molecule has 0 N–H and O–H groups in total. The molecule has 0 aliphatic heterocycles. The fraction of sp³-hybridized carbons (Fsp3) is 0.298. The third kappa shape index (κ3) is 9.30. The van der Waals surface area contributed by atoms with Gasteiger partial charge in [0, 0.05) is 43.4 Å². The molecular weight excluding hydrogens is 843 g/mol. The number of hydrogen-bond donors (Lipinski definition) is 0. The second-order valence-corrected chi connectivity index (χ2v) is 21.6. The van der Waals surface area contributed by atoms with E-state index in [9.17, 15) is 0 Å². The van der Waals surface area contributed by atoms with E-state index in [0.29, 0.717) is 17.5 Å². The van der Waals surface area contributed by atoms with Crippen LogP contribution in [0.3, 0.4) is 0 Å². The monoisotopic (exact) mass is 894 g/mol. The first-order valence-electron chi connectivity index (χ1n) is 18.5. The standard InChI is InChI=1S/C25H19N2O.C22H32NSi.Ir/c1-16(2)18-13-14-26-23(15-18)21-10-6-9-19-20-11-12-22(17-7-4-3-5-8-17)27-25(20)28-24(19)21;1-16(2)12-18-14-20(23-15-21(18)24(6,7)8)17-10-9-11-19(13-17)22(3,4)5;/h3-9,11-16H,1-2H3;9,11,13-16H,12H2,1-8H3;/q2*-1;. The van der Waals surface area contributed by atoms with E-state index in [1.165, 1.54) is 21.9 Å². The van der Waals surface area contributed by atoms with Crippen LogP contribution in [0.15, 0.2) is 108 Å². The number of aromatic nitrogens is 3. The van der Waals surface area contributed by atoms with Gasteiger partial charge in [-0.15, -0.1) is 53.6 Å². The predicted molar refractivity (Wildman–Crippen MR) is 222 cm³/mol. The van der Waals surface area contributed by atoms with Crippen molar-refractivity contribution in [3.63, 3.8) is 0 Å². The largest absolute Gasteiger partial charge is 0.486 e. The van der Waals surface area contributed by atoms with E-state index < -0.39 is 8.07 Å². The van der Waals surface area contributed by atoms with Gasteiger partial charge in [0.25, 0.3) is 0 Å². The zero-order valence-corrected chi connectivity index (χ0v) is 36.2. The molecule has 4 aromatic heterocycles. The molecule has 0 saturated carbocycles. The van der Waals surface area contributed by atoms with E-state index in [2.05, 4.69) is 140 Å². The van der Waals surface area contributed by atoms with Crippen molar-refractivity contribution in [2.45, 2.75) is 85.9 Å². The molecule has 0 aliphatic carbocycles. The van der Waals surface area contributed by atoms with Crippen LogP contribution in [0.5, 0.6) is 0 Å². The van der Waals surface area contributed by atoms with E-state index in [1.54, 1.807) is 0 Å². The number of pyridine rings is 3. The molecule has 0 aliphatic rings. The first-order chi connectivity index (χ1) is 24.7. The maximum atomic E-state index is 6.22. The Bertz CT molecular complexity index is 2310. The van der Waals surface area contributed by atoms with Gasteiger partial charge < -0.3 is 14.4 Å². The molecular formula is C47H51IrN3OSi-2. The Hall–Kier alpha value is -4.22. The van der Waals surface area contributed by atoms with Crippen molar-refractivity contribution in [1.82, 2.24) is 15.0 Å². The van der Waals surface area contributed by atoms with Crippen molar-refractivity contribution >= 4 is 35.3 Å². The SMILES string of the molecule is CC(C)Cc1cc(-c2[c-]ccc(C(C)(C)C)c2)ncc1[Si](C)(C)C.CC(C)c1ccnc(-c2[c-]ccc3c2oc2nc(-c4ccccc4)ccc23)c1.[Ir]. The number of hydrogen-bond acceptors (Lipinski definition) is 4. The molecule has 275 valence electrons. The third-order valence-corrected chi connectivity index (χ3v) is 11.5. The minimum Gasteiger partial charge on any atom is -0.486 e. The summed E-state index contributed by atoms with van der Waals surface area (Å²) in [6.07, 6.45) is 5.11. The van der Waals surface area contributed by atoms with E-state index in [1.807, 2.05) is 48.7 Å². The molecule has 4 heterocycles. The minimum absolute atomic E-state index is 0. The van der Waals surface area contributed by atoms with E-state index >= 15 is 0 Å². The number of fused-ring (bicyclic) bond motifs is 3. The Morgan fingerprint density at radius 1 is 0.755 bits per heavy atom. The van der Waals surface area contributed by atoms with Crippen LogP contribution in [-0.4, -0.2) is 23.0 Å². The summed E-state index contributed by atoms with van der Waals surface area (Å²) in [5.41, 5.74) is 11.5. The van der Waals surface area contributed by atoms with Crippen molar-refractivity contribution in [3.05, 3.63) is 132 Å². The van der Waals surface area contributed by atoms with Crippen LogP contribution < -0.4 is 5.19 Å². The van der Waals surface area contributed by atoms with Gasteiger partial charge in [0.1, 0.15) is 0 Å². The third-order valence-electron chi connectivity index (χ3n) is 9.44. The molecule has 0 saturated heterocycles. The Morgan fingerprint density at radius 2 is 1.49 bits per heavy atom.